The van der Waals surface area contributed by atoms with Gasteiger partial charge in [-0.3, -0.25) is 0 Å². The lowest BCUT2D eigenvalue weighted by Gasteiger charge is -2.30. The van der Waals surface area contributed by atoms with Gasteiger partial charge < -0.3 is 0 Å². The van der Waals surface area contributed by atoms with Gasteiger partial charge in [0.05, 0.1) is 4.90 Å². The summed E-state index contributed by atoms with van der Waals surface area (Å²) in [6.45, 7) is 7.38. The summed E-state index contributed by atoms with van der Waals surface area (Å²) in [5.41, 5.74) is 2.39. The fourth-order valence-electron chi connectivity index (χ4n) is 2.61. The molecule has 20 heavy (non-hydrogen) atoms. The Hall–Kier alpha value is -1.13. The van der Waals surface area contributed by atoms with Gasteiger partial charge in [-0.15, -0.1) is 0 Å². The van der Waals surface area contributed by atoms with Gasteiger partial charge in [0.2, 0.25) is 10.0 Å². The highest BCUT2D eigenvalue weighted by atomic mass is 32.2. The Bertz CT molecular complexity index is 575. The molecule has 1 aliphatic rings. The van der Waals surface area contributed by atoms with Crippen LogP contribution in [-0.2, 0) is 10.0 Å². The second-order valence-electron chi connectivity index (χ2n) is 5.80. The molecule has 1 heterocycles. The third-order valence-corrected chi connectivity index (χ3v) is 5.64. The van der Waals surface area contributed by atoms with Crippen LogP contribution in [-0.4, -0.2) is 25.8 Å². The summed E-state index contributed by atoms with van der Waals surface area (Å²) in [7, 11) is -3.32. The first-order valence-electron chi connectivity index (χ1n) is 7.11. The summed E-state index contributed by atoms with van der Waals surface area (Å²) in [5.74, 6) is 0.518. The van der Waals surface area contributed by atoms with Crippen molar-refractivity contribution in [1.82, 2.24) is 4.31 Å². The summed E-state index contributed by atoms with van der Waals surface area (Å²) < 4.78 is 26.7. The lowest BCUT2D eigenvalue weighted by atomic mass is 9.96. The second kappa shape index (κ2) is 6.10. The lowest BCUT2D eigenvalue weighted by Crippen LogP contribution is -2.38. The quantitative estimate of drug-likeness (QED) is 0.801. The molecule has 1 aromatic rings. The maximum Gasteiger partial charge on any atom is 0.243 e. The van der Waals surface area contributed by atoms with Crippen LogP contribution in [0.1, 0.15) is 32.3 Å². The smallest absolute Gasteiger partial charge is 0.207 e. The molecule has 0 aromatic heterocycles. The van der Waals surface area contributed by atoms with Crippen LogP contribution in [0.3, 0.4) is 0 Å². The minimum absolute atomic E-state index is 0.406. The van der Waals surface area contributed by atoms with Crippen LogP contribution in [0, 0.1) is 12.8 Å². The average Bonchev–Trinajstić information content (AvgIpc) is 2.39. The molecule has 1 aliphatic heterocycles. The van der Waals surface area contributed by atoms with Crippen molar-refractivity contribution in [3.63, 3.8) is 0 Å². The summed E-state index contributed by atoms with van der Waals surface area (Å²) in [6.07, 6.45) is 4.09. The first kappa shape index (κ1) is 15.3. The Morgan fingerprint density at radius 3 is 2.20 bits per heavy atom. The Labute approximate surface area is 122 Å². The molecule has 0 aliphatic carbocycles. The minimum atomic E-state index is -3.32. The molecule has 110 valence electrons. The molecular formula is C16H23NO2S. The van der Waals surface area contributed by atoms with Crippen molar-refractivity contribution in [1.29, 1.82) is 0 Å². The van der Waals surface area contributed by atoms with Gasteiger partial charge in [-0.2, -0.15) is 4.31 Å². The Balaban J connectivity index is 2.09. The fourth-order valence-corrected chi connectivity index (χ4v) is 4.08. The van der Waals surface area contributed by atoms with Crippen molar-refractivity contribution in [3.8, 4) is 0 Å². The van der Waals surface area contributed by atoms with Gasteiger partial charge in [0.25, 0.3) is 0 Å². The normalized spacial score (nSPS) is 17.9. The summed E-state index contributed by atoms with van der Waals surface area (Å²) in [4.78, 5) is 0.406. The van der Waals surface area contributed by atoms with Gasteiger partial charge in [-0.05, 0) is 51.7 Å². The van der Waals surface area contributed by atoms with Gasteiger partial charge in [0.1, 0.15) is 0 Å². The number of nitrogens with zero attached hydrogens (tertiary/aromatic N) is 1. The zero-order chi connectivity index (χ0) is 14.8. The number of sulfonamides is 1. The summed E-state index contributed by atoms with van der Waals surface area (Å²) >= 11 is 0. The highest BCUT2D eigenvalue weighted by Crippen LogP contribution is 2.25. The molecule has 0 amide bonds. The molecule has 0 N–H and O–H groups in total. The van der Waals surface area contributed by atoms with Gasteiger partial charge in [-0.25, -0.2) is 8.42 Å². The maximum atomic E-state index is 12.5. The Morgan fingerprint density at radius 1 is 1.15 bits per heavy atom. The number of allylic oxidation sites excluding steroid dienone is 2. The molecule has 0 radical (unpaired) electrons. The molecule has 3 nitrogen and oxygen atoms in total. The number of hydrogen-bond donors (Lipinski definition) is 0. The average molecular weight is 293 g/mol. The van der Waals surface area contributed by atoms with Crippen LogP contribution in [0.15, 0.2) is 40.8 Å². The monoisotopic (exact) mass is 293 g/mol. The van der Waals surface area contributed by atoms with E-state index in [4.69, 9.17) is 0 Å². The molecule has 0 spiro atoms. The van der Waals surface area contributed by atoms with E-state index in [2.05, 4.69) is 19.9 Å². The Kier molecular flexibility index (Phi) is 4.66. The van der Waals surface area contributed by atoms with E-state index in [0.29, 0.717) is 23.9 Å². The fraction of sp³-hybridized carbons (Fsp3) is 0.500. The summed E-state index contributed by atoms with van der Waals surface area (Å²) in [5, 5.41) is 0. The largest absolute Gasteiger partial charge is 0.243 e. The molecule has 2 rings (SSSR count). The molecule has 0 unspecified atom stereocenters. The van der Waals surface area contributed by atoms with E-state index in [1.54, 1.807) is 16.4 Å². The van der Waals surface area contributed by atoms with Crippen LogP contribution in [0.5, 0.6) is 0 Å². The summed E-state index contributed by atoms with van der Waals surface area (Å²) in [6, 6.07) is 7.10. The van der Waals surface area contributed by atoms with Crippen molar-refractivity contribution >= 4 is 10.0 Å². The van der Waals surface area contributed by atoms with Crippen molar-refractivity contribution in [2.75, 3.05) is 13.1 Å². The Morgan fingerprint density at radius 2 is 1.70 bits per heavy atom. The highest BCUT2D eigenvalue weighted by Gasteiger charge is 2.28. The SMILES string of the molecule is CC(C)=CC1CCN(S(=O)(=O)c2ccc(C)cc2)CC1. The van der Waals surface area contributed by atoms with E-state index in [1.165, 1.54) is 5.57 Å². The van der Waals surface area contributed by atoms with E-state index in [0.717, 1.165) is 18.4 Å². The van der Waals surface area contributed by atoms with Gasteiger partial charge in [0, 0.05) is 13.1 Å². The molecule has 0 bridgehead atoms. The second-order valence-corrected chi connectivity index (χ2v) is 7.74. The number of rotatable bonds is 3. The zero-order valence-corrected chi connectivity index (χ0v) is 13.3. The third-order valence-electron chi connectivity index (χ3n) is 3.73. The highest BCUT2D eigenvalue weighted by molar-refractivity contribution is 7.89. The molecule has 1 fully saturated rings. The lowest BCUT2D eigenvalue weighted by molar-refractivity contribution is 0.305. The number of hydrogen-bond acceptors (Lipinski definition) is 2. The maximum absolute atomic E-state index is 12.5. The first-order valence-corrected chi connectivity index (χ1v) is 8.55. The van der Waals surface area contributed by atoms with E-state index >= 15 is 0 Å². The molecule has 1 aromatic carbocycles. The van der Waals surface area contributed by atoms with Crippen LogP contribution in [0.2, 0.25) is 0 Å². The van der Waals surface area contributed by atoms with E-state index in [1.807, 2.05) is 19.1 Å². The number of piperidine rings is 1. The van der Waals surface area contributed by atoms with Crippen molar-refractivity contribution in [2.24, 2.45) is 5.92 Å². The van der Waals surface area contributed by atoms with Crippen LogP contribution in [0.4, 0.5) is 0 Å². The van der Waals surface area contributed by atoms with Gasteiger partial charge in [-0.1, -0.05) is 29.3 Å². The minimum Gasteiger partial charge on any atom is -0.207 e. The molecular weight excluding hydrogens is 270 g/mol. The van der Waals surface area contributed by atoms with Crippen LogP contribution >= 0.6 is 0 Å². The first-order chi connectivity index (χ1) is 9.39. The van der Waals surface area contributed by atoms with E-state index in [-0.39, 0.29) is 0 Å². The molecule has 4 heteroatoms. The van der Waals surface area contributed by atoms with Crippen molar-refractivity contribution < 1.29 is 8.42 Å². The number of benzene rings is 1. The molecule has 0 atom stereocenters. The van der Waals surface area contributed by atoms with Crippen molar-refractivity contribution in [2.45, 2.75) is 38.5 Å². The van der Waals surface area contributed by atoms with E-state index in [9.17, 15) is 8.42 Å². The third kappa shape index (κ3) is 3.49. The van der Waals surface area contributed by atoms with Crippen molar-refractivity contribution in [3.05, 3.63) is 41.5 Å². The van der Waals surface area contributed by atoms with Gasteiger partial charge in [0.15, 0.2) is 0 Å². The van der Waals surface area contributed by atoms with Crippen LogP contribution < -0.4 is 0 Å². The standard InChI is InChI=1S/C16H23NO2S/c1-13(2)12-15-8-10-17(11-9-15)20(18,19)16-6-4-14(3)5-7-16/h4-7,12,15H,8-11H2,1-3H3. The predicted molar refractivity (Wildman–Crippen MR) is 82.1 cm³/mol. The van der Waals surface area contributed by atoms with E-state index < -0.39 is 10.0 Å². The zero-order valence-electron chi connectivity index (χ0n) is 12.5. The van der Waals surface area contributed by atoms with Gasteiger partial charge >= 0.3 is 0 Å². The van der Waals surface area contributed by atoms with Crippen LogP contribution in [0.25, 0.3) is 0 Å². The number of aryl methyl sites for hydroxylation is 1. The topological polar surface area (TPSA) is 37.4 Å². The predicted octanol–water partition coefficient (Wildman–Crippen LogP) is 3.36. The molecule has 1 saturated heterocycles. The molecule has 0 saturated carbocycles.